The molecule has 0 aliphatic rings. The van der Waals surface area contributed by atoms with E-state index in [1.807, 2.05) is 37.3 Å². The number of hydrogen-bond donors (Lipinski definition) is 1. The van der Waals surface area contributed by atoms with E-state index in [-0.39, 0.29) is 11.7 Å². The van der Waals surface area contributed by atoms with Crippen LogP contribution in [0.4, 0.5) is 5.69 Å². The Balaban J connectivity index is 2.06. The average Bonchev–Trinajstić information content (AvgIpc) is 2.53. The molecule has 4 heteroatoms. The summed E-state index contributed by atoms with van der Waals surface area (Å²) in [5.41, 5.74) is 1.16. The summed E-state index contributed by atoms with van der Waals surface area (Å²) in [4.78, 5) is 23.7. The molecular formula is C18H19NO3. The molecule has 0 bridgehead atoms. The molecule has 1 atom stereocenters. The van der Waals surface area contributed by atoms with Crippen molar-refractivity contribution in [1.29, 1.82) is 0 Å². The molecule has 0 spiro atoms. The predicted molar refractivity (Wildman–Crippen MR) is 86.2 cm³/mol. The number of hydrogen-bond acceptors (Lipinski definition) is 3. The first-order valence-corrected chi connectivity index (χ1v) is 7.23. The van der Waals surface area contributed by atoms with Crippen LogP contribution in [0.2, 0.25) is 0 Å². The van der Waals surface area contributed by atoms with Gasteiger partial charge in [0.1, 0.15) is 5.75 Å². The van der Waals surface area contributed by atoms with Crippen molar-refractivity contribution in [2.75, 3.05) is 5.32 Å². The number of carbonyl (C=O) groups is 2. The summed E-state index contributed by atoms with van der Waals surface area (Å²) in [6.45, 7) is 3.38. The van der Waals surface area contributed by atoms with Crippen molar-refractivity contribution >= 4 is 17.4 Å². The topological polar surface area (TPSA) is 55.4 Å². The van der Waals surface area contributed by atoms with Gasteiger partial charge in [-0.1, -0.05) is 37.3 Å². The number of ether oxygens (including phenoxy) is 1. The van der Waals surface area contributed by atoms with Crippen molar-refractivity contribution < 1.29 is 14.3 Å². The summed E-state index contributed by atoms with van der Waals surface area (Å²) in [6.07, 6.45) is -0.0315. The van der Waals surface area contributed by atoms with Gasteiger partial charge in [-0.25, -0.2) is 0 Å². The van der Waals surface area contributed by atoms with Crippen LogP contribution in [0.15, 0.2) is 54.6 Å². The van der Waals surface area contributed by atoms with E-state index in [1.54, 1.807) is 24.3 Å². The van der Waals surface area contributed by atoms with Gasteiger partial charge in [0.05, 0.1) is 0 Å². The second-order valence-corrected chi connectivity index (χ2v) is 4.95. The summed E-state index contributed by atoms with van der Waals surface area (Å²) < 4.78 is 5.70. The molecule has 0 unspecified atom stereocenters. The van der Waals surface area contributed by atoms with Crippen molar-refractivity contribution in [3.63, 3.8) is 0 Å². The second-order valence-electron chi connectivity index (χ2n) is 4.95. The van der Waals surface area contributed by atoms with Crippen LogP contribution >= 0.6 is 0 Å². The number of amides is 1. The van der Waals surface area contributed by atoms with Gasteiger partial charge in [0, 0.05) is 11.3 Å². The average molecular weight is 297 g/mol. The fraction of sp³-hybridized carbons (Fsp3) is 0.222. The molecule has 0 saturated heterocycles. The van der Waals surface area contributed by atoms with Gasteiger partial charge in [-0.05, 0) is 37.6 Å². The molecule has 2 aromatic rings. The fourth-order valence-electron chi connectivity index (χ4n) is 2.02. The van der Waals surface area contributed by atoms with E-state index in [9.17, 15) is 9.59 Å². The minimum absolute atomic E-state index is 0.0383. The minimum atomic E-state index is -0.580. The Morgan fingerprint density at radius 2 is 1.82 bits per heavy atom. The molecule has 22 heavy (non-hydrogen) atoms. The highest BCUT2D eigenvalue weighted by molar-refractivity contribution is 5.98. The van der Waals surface area contributed by atoms with E-state index >= 15 is 0 Å². The molecule has 1 N–H and O–H groups in total. The lowest BCUT2D eigenvalue weighted by Crippen LogP contribution is -2.32. The Hall–Kier alpha value is -2.62. The van der Waals surface area contributed by atoms with Crippen molar-refractivity contribution in [2.45, 2.75) is 26.4 Å². The highest BCUT2D eigenvalue weighted by atomic mass is 16.5. The van der Waals surface area contributed by atoms with E-state index in [2.05, 4.69) is 5.32 Å². The van der Waals surface area contributed by atoms with E-state index in [4.69, 9.17) is 4.74 Å². The smallest absolute Gasteiger partial charge is 0.265 e. The number of rotatable bonds is 6. The quantitative estimate of drug-likeness (QED) is 0.827. The number of para-hydroxylation sites is 1. The molecule has 114 valence electrons. The molecule has 0 heterocycles. The van der Waals surface area contributed by atoms with Gasteiger partial charge >= 0.3 is 0 Å². The van der Waals surface area contributed by atoms with Gasteiger partial charge in [-0.15, -0.1) is 0 Å². The number of Topliss-reactive ketones (excluding diaryl/α,β-unsaturated/α-hetero) is 1. The van der Waals surface area contributed by atoms with Crippen LogP contribution in [0.25, 0.3) is 0 Å². The molecule has 0 aliphatic heterocycles. The predicted octanol–water partition coefficient (Wildman–Crippen LogP) is 3.69. The normalized spacial score (nSPS) is 11.5. The summed E-state index contributed by atoms with van der Waals surface area (Å²) in [5.74, 6) is 0.387. The Morgan fingerprint density at radius 1 is 1.09 bits per heavy atom. The van der Waals surface area contributed by atoms with Crippen LogP contribution in [0, 0.1) is 0 Å². The number of anilines is 1. The molecule has 2 rings (SSSR count). The summed E-state index contributed by atoms with van der Waals surface area (Å²) in [5, 5.41) is 2.79. The first kappa shape index (κ1) is 15.8. The molecule has 0 aromatic heterocycles. The molecule has 4 nitrogen and oxygen atoms in total. The highest BCUT2D eigenvalue weighted by Crippen LogP contribution is 2.15. The van der Waals surface area contributed by atoms with Crippen LogP contribution in [0.3, 0.4) is 0 Å². The monoisotopic (exact) mass is 297 g/mol. The van der Waals surface area contributed by atoms with Crippen LogP contribution in [0.1, 0.15) is 30.6 Å². The van der Waals surface area contributed by atoms with Crippen LogP contribution in [-0.2, 0) is 4.79 Å². The molecule has 0 aliphatic carbocycles. The van der Waals surface area contributed by atoms with Crippen molar-refractivity contribution in [1.82, 2.24) is 0 Å². The molecule has 0 radical (unpaired) electrons. The zero-order chi connectivity index (χ0) is 15.9. The number of nitrogens with one attached hydrogen (secondary N) is 1. The van der Waals surface area contributed by atoms with Crippen LogP contribution in [0.5, 0.6) is 5.75 Å². The second kappa shape index (κ2) is 7.41. The number of benzene rings is 2. The van der Waals surface area contributed by atoms with E-state index in [0.29, 0.717) is 23.4 Å². The molecule has 0 fully saturated rings. The maximum absolute atomic E-state index is 12.3. The fourth-order valence-corrected chi connectivity index (χ4v) is 2.02. The van der Waals surface area contributed by atoms with Gasteiger partial charge in [-0.2, -0.15) is 0 Å². The number of carbonyl (C=O) groups excluding carboxylic acids is 2. The molecular weight excluding hydrogens is 278 g/mol. The van der Waals surface area contributed by atoms with Gasteiger partial charge < -0.3 is 10.1 Å². The largest absolute Gasteiger partial charge is 0.481 e. The highest BCUT2D eigenvalue weighted by Gasteiger charge is 2.18. The molecule has 1 amide bonds. The maximum Gasteiger partial charge on any atom is 0.265 e. The number of ketones is 1. The zero-order valence-electron chi connectivity index (χ0n) is 12.7. The SMILES string of the molecule is CC[C@@H](Oc1ccccc1)C(=O)Nc1cccc(C(C)=O)c1. The first-order chi connectivity index (χ1) is 10.6. The van der Waals surface area contributed by atoms with Crippen LogP contribution in [-0.4, -0.2) is 17.8 Å². The molecule has 0 saturated carbocycles. The van der Waals surface area contributed by atoms with E-state index < -0.39 is 6.10 Å². The van der Waals surface area contributed by atoms with Gasteiger partial charge in [-0.3, -0.25) is 9.59 Å². The minimum Gasteiger partial charge on any atom is -0.481 e. The van der Waals surface area contributed by atoms with Gasteiger partial charge in [0.2, 0.25) is 0 Å². The first-order valence-electron chi connectivity index (χ1n) is 7.23. The summed E-state index contributed by atoms with van der Waals surface area (Å²) in [6, 6.07) is 16.1. The van der Waals surface area contributed by atoms with Crippen molar-refractivity contribution in [2.24, 2.45) is 0 Å². The maximum atomic E-state index is 12.3. The lowest BCUT2D eigenvalue weighted by atomic mass is 10.1. The Kier molecular flexibility index (Phi) is 5.31. The van der Waals surface area contributed by atoms with Crippen LogP contribution < -0.4 is 10.1 Å². The lowest BCUT2D eigenvalue weighted by molar-refractivity contribution is -0.122. The lowest BCUT2D eigenvalue weighted by Gasteiger charge is -2.17. The van der Waals surface area contributed by atoms with Crippen molar-refractivity contribution in [3.8, 4) is 5.75 Å². The van der Waals surface area contributed by atoms with Crippen molar-refractivity contribution in [3.05, 3.63) is 60.2 Å². The van der Waals surface area contributed by atoms with Gasteiger partial charge in [0.15, 0.2) is 11.9 Å². The van der Waals surface area contributed by atoms with Gasteiger partial charge in [0.25, 0.3) is 5.91 Å². The standard InChI is InChI=1S/C18H19NO3/c1-3-17(22-16-10-5-4-6-11-16)18(21)19-15-9-7-8-14(12-15)13(2)20/h4-12,17H,3H2,1-2H3,(H,19,21)/t17-/m1/s1. The van der Waals surface area contributed by atoms with E-state index in [0.717, 1.165) is 0 Å². The van der Waals surface area contributed by atoms with E-state index in [1.165, 1.54) is 6.92 Å². The third-order valence-corrected chi connectivity index (χ3v) is 3.22. The summed E-state index contributed by atoms with van der Waals surface area (Å²) >= 11 is 0. The third-order valence-electron chi connectivity index (χ3n) is 3.22. The summed E-state index contributed by atoms with van der Waals surface area (Å²) in [7, 11) is 0. The third kappa shape index (κ3) is 4.19. The molecule has 2 aromatic carbocycles. The Morgan fingerprint density at radius 3 is 2.45 bits per heavy atom. The Bertz CT molecular complexity index is 652. The Labute approximate surface area is 130 Å². The zero-order valence-corrected chi connectivity index (χ0v) is 12.7.